The second kappa shape index (κ2) is 9.49. The Morgan fingerprint density at radius 2 is 1.64 bits per heavy atom. The predicted octanol–water partition coefficient (Wildman–Crippen LogP) is 5.46. The van der Waals surface area contributed by atoms with E-state index in [1.165, 1.54) is 5.56 Å². The zero-order chi connectivity index (χ0) is 26.2. The third kappa shape index (κ3) is 4.69. The first-order chi connectivity index (χ1) is 17.0. The molecule has 0 atom stereocenters. The summed E-state index contributed by atoms with van der Waals surface area (Å²) < 4.78 is 7.58. The molecular formula is C29H31N3O4. The third-order valence-electron chi connectivity index (χ3n) is 6.25. The van der Waals surface area contributed by atoms with Gasteiger partial charge in [-0.1, -0.05) is 39.0 Å². The van der Waals surface area contributed by atoms with Crippen molar-refractivity contribution < 1.29 is 19.1 Å². The van der Waals surface area contributed by atoms with E-state index in [1.54, 1.807) is 30.3 Å². The summed E-state index contributed by atoms with van der Waals surface area (Å²) in [6.07, 6.45) is 1.55. The first-order valence-corrected chi connectivity index (χ1v) is 12.0. The summed E-state index contributed by atoms with van der Waals surface area (Å²) in [5, 5.41) is 2.28. The first kappa shape index (κ1) is 25.0. The number of nitrogens with zero attached hydrogens (tertiary/aromatic N) is 2. The molecule has 0 aliphatic carbocycles. The summed E-state index contributed by atoms with van der Waals surface area (Å²) in [4.78, 5) is 39.6. The van der Waals surface area contributed by atoms with Gasteiger partial charge in [0, 0.05) is 23.1 Å². The summed E-state index contributed by atoms with van der Waals surface area (Å²) in [6, 6.07) is 16.2. The number of hydrogen-bond donors (Lipinski definition) is 1. The number of urea groups is 1. The van der Waals surface area contributed by atoms with E-state index in [2.05, 4.69) is 54.9 Å². The molecule has 4 rings (SSSR count). The molecule has 7 heteroatoms. The minimum Gasteiger partial charge on any atom is -0.494 e. The first-order valence-electron chi connectivity index (χ1n) is 12.0. The van der Waals surface area contributed by atoms with Gasteiger partial charge in [0.2, 0.25) is 0 Å². The lowest BCUT2D eigenvalue weighted by molar-refractivity contribution is -0.122. The number of nitrogens with one attached hydrogen (secondary N) is 1. The van der Waals surface area contributed by atoms with Crippen LogP contribution in [-0.4, -0.2) is 29.0 Å². The number of carbonyl (C=O) groups excluding carboxylic acids is 3. The molecule has 0 unspecified atom stereocenters. The highest BCUT2D eigenvalue weighted by atomic mass is 16.5. The minimum atomic E-state index is -0.791. The largest absolute Gasteiger partial charge is 0.494 e. The van der Waals surface area contributed by atoms with Crippen molar-refractivity contribution >= 4 is 29.6 Å². The van der Waals surface area contributed by atoms with E-state index >= 15 is 0 Å². The zero-order valence-electron chi connectivity index (χ0n) is 21.5. The Balaban J connectivity index is 1.71. The van der Waals surface area contributed by atoms with Crippen LogP contribution in [0.2, 0.25) is 0 Å². The van der Waals surface area contributed by atoms with Crippen molar-refractivity contribution in [1.82, 2.24) is 9.88 Å². The van der Waals surface area contributed by atoms with Crippen LogP contribution < -0.4 is 15.0 Å². The quantitative estimate of drug-likeness (QED) is 0.385. The van der Waals surface area contributed by atoms with Gasteiger partial charge in [-0.2, -0.15) is 0 Å². The predicted molar refractivity (Wildman–Crippen MR) is 141 cm³/mol. The summed E-state index contributed by atoms with van der Waals surface area (Å²) in [5.74, 6) is -0.877. The molecule has 0 spiro atoms. The Kier molecular flexibility index (Phi) is 6.59. The topological polar surface area (TPSA) is 80.6 Å². The Morgan fingerprint density at radius 1 is 0.944 bits per heavy atom. The minimum absolute atomic E-state index is 0.0507. The standard InChI is InChI=1S/C29H31N3O4/c1-7-36-24-10-8-9-23(17-24)32-27(34)25(26(33)30-28(32)35)16-20-15-18(2)31(19(20)3)22-13-11-21(12-14-22)29(4,5)6/h8-17H,7H2,1-6H3,(H,30,33,35)/b25-16+. The normalized spacial score (nSPS) is 15.4. The van der Waals surface area contributed by atoms with Crippen molar-refractivity contribution in [1.29, 1.82) is 0 Å². The van der Waals surface area contributed by atoms with Crippen molar-refractivity contribution in [2.45, 2.75) is 47.0 Å². The molecular weight excluding hydrogens is 454 g/mol. The van der Waals surface area contributed by atoms with E-state index in [-0.39, 0.29) is 11.0 Å². The number of ether oxygens (including phenoxy) is 1. The number of hydrogen-bond acceptors (Lipinski definition) is 4. The molecule has 0 radical (unpaired) electrons. The molecule has 0 bridgehead atoms. The molecule has 1 saturated heterocycles. The molecule has 1 aromatic heterocycles. The molecule has 2 aromatic carbocycles. The SMILES string of the molecule is CCOc1cccc(N2C(=O)NC(=O)/C(=C\c3cc(C)n(-c4ccc(C(C)(C)C)cc4)c3C)C2=O)c1. The second-order valence-corrected chi connectivity index (χ2v) is 9.85. The Bertz CT molecular complexity index is 1370. The Morgan fingerprint density at radius 3 is 2.28 bits per heavy atom. The van der Waals surface area contributed by atoms with Gasteiger partial charge in [0.15, 0.2) is 0 Å². The van der Waals surface area contributed by atoms with E-state index in [4.69, 9.17) is 4.74 Å². The lowest BCUT2D eigenvalue weighted by Gasteiger charge is -2.26. The maximum atomic E-state index is 13.4. The number of rotatable bonds is 5. The van der Waals surface area contributed by atoms with Gasteiger partial charge in [-0.15, -0.1) is 0 Å². The maximum absolute atomic E-state index is 13.4. The van der Waals surface area contributed by atoms with Gasteiger partial charge < -0.3 is 9.30 Å². The van der Waals surface area contributed by atoms with E-state index in [1.807, 2.05) is 26.8 Å². The summed E-state index contributed by atoms with van der Waals surface area (Å²) in [6.45, 7) is 12.7. The van der Waals surface area contributed by atoms with Crippen molar-refractivity contribution in [2.24, 2.45) is 0 Å². The van der Waals surface area contributed by atoms with Crippen molar-refractivity contribution in [3.63, 3.8) is 0 Å². The van der Waals surface area contributed by atoms with Crippen LogP contribution in [-0.2, 0) is 15.0 Å². The van der Waals surface area contributed by atoms with Crippen LogP contribution in [0.4, 0.5) is 10.5 Å². The average Bonchev–Trinajstić information content (AvgIpc) is 3.09. The van der Waals surface area contributed by atoms with Crippen LogP contribution in [0.3, 0.4) is 0 Å². The number of barbiturate groups is 1. The van der Waals surface area contributed by atoms with Gasteiger partial charge in [-0.3, -0.25) is 14.9 Å². The van der Waals surface area contributed by atoms with E-state index < -0.39 is 17.8 Å². The van der Waals surface area contributed by atoms with Crippen LogP contribution in [0.5, 0.6) is 5.75 Å². The van der Waals surface area contributed by atoms with Crippen LogP contribution in [0.1, 0.15) is 50.2 Å². The third-order valence-corrected chi connectivity index (χ3v) is 6.25. The molecule has 1 aliphatic heterocycles. The molecule has 36 heavy (non-hydrogen) atoms. The Hall–Kier alpha value is -4.13. The number of anilines is 1. The lowest BCUT2D eigenvalue weighted by atomic mass is 9.87. The second-order valence-electron chi connectivity index (χ2n) is 9.85. The van der Waals surface area contributed by atoms with E-state index in [0.29, 0.717) is 18.0 Å². The summed E-state index contributed by atoms with van der Waals surface area (Å²) >= 11 is 0. The maximum Gasteiger partial charge on any atom is 0.335 e. The van der Waals surface area contributed by atoms with Crippen molar-refractivity contribution in [3.8, 4) is 11.4 Å². The van der Waals surface area contributed by atoms with E-state index in [0.717, 1.165) is 27.5 Å². The van der Waals surface area contributed by atoms with Gasteiger partial charge in [0.1, 0.15) is 11.3 Å². The Labute approximate surface area is 211 Å². The fourth-order valence-electron chi connectivity index (χ4n) is 4.37. The molecule has 1 aliphatic rings. The molecule has 4 amide bonds. The fraction of sp³-hybridized carbons (Fsp3) is 0.276. The number of carbonyl (C=O) groups is 3. The smallest absolute Gasteiger partial charge is 0.335 e. The molecule has 186 valence electrons. The summed E-state index contributed by atoms with van der Waals surface area (Å²) in [7, 11) is 0. The van der Waals surface area contributed by atoms with Gasteiger partial charge in [0.25, 0.3) is 11.8 Å². The molecule has 7 nitrogen and oxygen atoms in total. The molecule has 3 aromatic rings. The van der Waals surface area contributed by atoms with Crippen LogP contribution in [0.25, 0.3) is 11.8 Å². The molecule has 1 fully saturated rings. The fourth-order valence-corrected chi connectivity index (χ4v) is 4.37. The highest BCUT2D eigenvalue weighted by Crippen LogP contribution is 2.29. The van der Waals surface area contributed by atoms with Gasteiger partial charge >= 0.3 is 6.03 Å². The monoisotopic (exact) mass is 485 g/mol. The number of amides is 4. The zero-order valence-corrected chi connectivity index (χ0v) is 21.5. The van der Waals surface area contributed by atoms with Crippen LogP contribution in [0, 0.1) is 13.8 Å². The molecule has 2 heterocycles. The average molecular weight is 486 g/mol. The molecule has 1 N–H and O–H groups in total. The van der Waals surface area contributed by atoms with Crippen LogP contribution in [0.15, 0.2) is 60.2 Å². The van der Waals surface area contributed by atoms with Gasteiger partial charge in [0.05, 0.1) is 12.3 Å². The number of benzene rings is 2. The highest BCUT2D eigenvalue weighted by Gasteiger charge is 2.37. The number of imide groups is 2. The number of aryl methyl sites for hydroxylation is 1. The van der Waals surface area contributed by atoms with Crippen molar-refractivity contribution in [3.05, 3.63) is 82.7 Å². The van der Waals surface area contributed by atoms with Gasteiger partial charge in [-0.25, -0.2) is 9.69 Å². The highest BCUT2D eigenvalue weighted by molar-refractivity contribution is 6.39. The van der Waals surface area contributed by atoms with Gasteiger partial charge in [-0.05, 0) is 73.7 Å². The van der Waals surface area contributed by atoms with Crippen molar-refractivity contribution in [2.75, 3.05) is 11.5 Å². The van der Waals surface area contributed by atoms with E-state index in [9.17, 15) is 14.4 Å². The number of aromatic nitrogens is 1. The lowest BCUT2D eigenvalue weighted by Crippen LogP contribution is -2.54. The molecule has 0 saturated carbocycles. The summed E-state index contributed by atoms with van der Waals surface area (Å²) in [5.41, 5.74) is 5.06. The van der Waals surface area contributed by atoms with Crippen LogP contribution >= 0.6 is 0 Å².